The Kier molecular flexibility index (Phi) is 4.95. The smallest absolute Gasteiger partial charge is 0.297 e. The maximum atomic E-state index is 11.1. The molecule has 0 bridgehead atoms. The van der Waals surface area contributed by atoms with Gasteiger partial charge in [-0.2, -0.15) is 5.26 Å². The number of anilines is 1. The van der Waals surface area contributed by atoms with Crippen molar-refractivity contribution in [2.24, 2.45) is 0 Å². The van der Waals surface area contributed by atoms with Crippen molar-refractivity contribution >= 4 is 11.4 Å². The molecule has 7 heteroatoms. The van der Waals surface area contributed by atoms with Crippen molar-refractivity contribution in [2.45, 2.75) is 25.8 Å². The first-order chi connectivity index (χ1) is 10.2. The van der Waals surface area contributed by atoms with Crippen LogP contribution in [0.1, 0.15) is 25.3 Å². The topological polar surface area (TPSA) is 97.4 Å². The van der Waals surface area contributed by atoms with Gasteiger partial charge < -0.3 is 14.8 Å². The standard InChI is InChI=1S/C14H17N3O4/c1-2-3-4-20-8-11-9-21-13-6-10(7-15)5-12(17(18)19)14(13)16-11/h5-6,11,16H,2-4,8-9H2,1H3. The number of nitriles is 1. The number of ether oxygens (including phenoxy) is 2. The third-order valence-corrected chi connectivity index (χ3v) is 3.16. The summed E-state index contributed by atoms with van der Waals surface area (Å²) in [5.41, 5.74) is 0.372. The van der Waals surface area contributed by atoms with E-state index in [0.29, 0.717) is 31.3 Å². The van der Waals surface area contributed by atoms with Crippen molar-refractivity contribution in [3.63, 3.8) is 0 Å². The van der Waals surface area contributed by atoms with E-state index < -0.39 is 4.92 Å². The number of fused-ring (bicyclic) bond motifs is 1. The predicted octanol–water partition coefficient (Wildman–Crippen LogP) is 2.46. The van der Waals surface area contributed by atoms with Crippen LogP contribution in [0.15, 0.2) is 12.1 Å². The number of nitrogens with zero attached hydrogens (tertiary/aromatic N) is 2. The second-order valence-electron chi connectivity index (χ2n) is 4.82. The van der Waals surface area contributed by atoms with Crippen molar-refractivity contribution in [3.8, 4) is 11.8 Å². The van der Waals surface area contributed by atoms with E-state index in [2.05, 4.69) is 12.2 Å². The summed E-state index contributed by atoms with van der Waals surface area (Å²) in [7, 11) is 0. The number of rotatable bonds is 6. The molecule has 112 valence electrons. The van der Waals surface area contributed by atoms with Crippen molar-refractivity contribution in [1.29, 1.82) is 5.26 Å². The zero-order valence-corrected chi connectivity index (χ0v) is 11.8. The number of nitro benzene ring substituents is 1. The number of unbranched alkanes of at least 4 members (excludes halogenated alkanes) is 1. The van der Waals surface area contributed by atoms with Gasteiger partial charge in [0.25, 0.3) is 5.69 Å². The predicted molar refractivity (Wildman–Crippen MR) is 76.4 cm³/mol. The molecule has 1 heterocycles. The zero-order valence-electron chi connectivity index (χ0n) is 11.8. The van der Waals surface area contributed by atoms with E-state index in [1.54, 1.807) is 0 Å². The first kappa shape index (κ1) is 15.1. The van der Waals surface area contributed by atoms with E-state index in [0.717, 1.165) is 12.8 Å². The van der Waals surface area contributed by atoms with Crippen LogP contribution in [0.2, 0.25) is 0 Å². The fourth-order valence-corrected chi connectivity index (χ4v) is 2.07. The van der Waals surface area contributed by atoms with Crippen LogP contribution in [0.25, 0.3) is 0 Å². The molecule has 1 unspecified atom stereocenters. The second-order valence-corrected chi connectivity index (χ2v) is 4.82. The van der Waals surface area contributed by atoms with Gasteiger partial charge in [0.1, 0.15) is 6.61 Å². The normalized spacial score (nSPS) is 16.3. The average Bonchev–Trinajstić information content (AvgIpc) is 2.50. The lowest BCUT2D eigenvalue weighted by molar-refractivity contribution is -0.384. The number of benzene rings is 1. The number of hydrogen-bond donors (Lipinski definition) is 1. The summed E-state index contributed by atoms with van der Waals surface area (Å²) >= 11 is 0. The molecule has 1 N–H and O–H groups in total. The highest BCUT2D eigenvalue weighted by Gasteiger charge is 2.27. The lowest BCUT2D eigenvalue weighted by Crippen LogP contribution is -2.36. The van der Waals surface area contributed by atoms with Crippen molar-refractivity contribution in [1.82, 2.24) is 0 Å². The maximum Gasteiger partial charge on any atom is 0.297 e. The Bertz CT molecular complexity index is 568. The summed E-state index contributed by atoms with van der Waals surface area (Å²) in [6, 6.07) is 4.51. The van der Waals surface area contributed by atoms with Gasteiger partial charge in [0, 0.05) is 18.7 Å². The summed E-state index contributed by atoms with van der Waals surface area (Å²) in [6.07, 6.45) is 2.04. The van der Waals surface area contributed by atoms with Crippen LogP contribution in [0.3, 0.4) is 0 Å². The zero-order chi connectivity index (χ0) is 15.2. The monoisotopic (exact) mass is 291 g/mol. The highest BCUT2D eigenvalue weighted by Crippen LogP contribution is 2.38. The molecule has 0 radical (unpaired) electrons. The number of nitro groups is 1. The molecule has 0 aromatic heterocycles. The van der Waals surface area contributed by atoms with Crippen LogP contribution >= 0.6 is 0 Å². The van der Waals surface area contributed by atoms with Crippen molar-refractivity contribution < 1.29 is 14.4 Å². The molecule has 7 nitrogen and oxygen atoms in total. The summed E-state index contributed by atoms with van der Waals surface area (Å²) < 4.78 is 11.0. The van der Waals surface area contributed by atoms with Crippen LogP contribution in [-0.2, 0) is 4.74 Å². The van der Waals surface area contributed by atoms with Gasteiger partial charge in [-0.25, -0.2) is 0 Å². The van der Waals surface area contributed by atoms with E-state index in [9.17, 15) is 10.1 Å². The molecule has 0 saturated heterocycles. The molecule has 0 aliphatic carbocycles. The molecule has 2 rings (SSSR count). The molecule has 1 atom stereocenters. The molecule has 1 aromatic carbocycles. The van der Waals surface area contributed by atoms with Gasteiger partial charge in [0.05, 0.1) is 29.2 Å². The Morgan fingerprint density at radius 1 is 1.62 bits per heavy atom. The Hall–Kier alpha value is -2.33. The fraction of sp³-hybridized carbons (Fsp3) is 0.500. The van der Waals surface area contributed by atoms with E-state index >= 15 is 0 Å². The molecular formula is C14H17N3O4. The fourth-order valence-electron chi connectivity index (χ4n) is 2.07. The van der Waals surface area contributed by atoms with Gasteiger partial charge in [0.15, 0.2) is 11.4 Å². The van der Waals surface area contributed by atoms with Crippen LogP contribution in [0.5, 0.6) is 5.75 Å². The maximum absolute atomic E-state index is 11.1. The van der Waals surface area contributed by atoms with E-state index in [4.69, 9.17) is 14.7 Å². The third kappa shape index (κ3) is 3.61. The minimum Gasteiger partial charge on any atom is -0.489 e. The minimum absolute atomic E-state index is 0.138. The van der Waals surface area contributed by atoms with E-state index in [-0.39, 0.29) is 17.3 Å². The summed E-state index contributed by atoms with van der Waals surface area (Å²) in [5.74, 6) is 0.338. The van der Waals surface area contributed by atoms with Gasteiger partial charge in [0.2, 0.25) is 0 Å². The van der Waals surface area contributed by atoms with Gasteiger partial charge in [-0.05, 0) is 6.42 Å². The Morgan fingerprint density at radius 3 is 3.10 bits per heavy atom. The first-order valence-electron chi connectivity index (χ1n) is 6.85. The summed E-state index contributed by atoms with van der Waals surface area (Å²) in [5, 5.41) is 23.1. The molecule has 1 aliphatic rings. The van der Waals surface area contributed by atoms with Crippen molar-refractivity contribution in [3.05, 3.63) is 27.8 Å². The van der Waals surface area contributed by atoms with Crippen LogP contribution in [0, 0.1) is 21.4 Å². The largest absolute Gasteiger partial charge is 0.489 e. The van der Waals surface area contributed by atoms with Crippen molar-refractivity contribution in [2.75, 3.05) is 25.1 Å². The molecule has 1 aromatic rings. The third-order valence-electron chi connectivity index (χ3n) is 3.16. The van der Waals surface area contributed by atoms with Gasteiger partial charge in [-0.1, -0.05) is 13.3 Å². The first-order valence-corrected chi connectivity index (χ1v) is 6.85. The lowest BCUT2D eigenvalue weighted by atomic mass is 10.1. The molecular weight excluding hydrogens is 274 g/mol. The molecule has 0 amide bonds. The SMILES string of the molecule is CCCCOCC1COc2cc(C#N)cc([N+](=O)[O-])c2N1. The molecule has 21 heavy (non-hydrogen) atoms. The Labute approximate surface area is 122 Å². The molecule has 0 fully saturated rings. The van der Waals surface area contributed by atoms with Gasteiger partial charge in [-0.3, -0.25) is 10.1 Å². The van der Waals surface area contributed by atoms with Gasteiger partial charge >= 0.3 is 0 Å². The minimum atomic E-state index is -0.518. The van der Waals surface area contributed by atoms with E-state index in [1.165, 1.54) is 12.1 Å². The average molecular weight is 291 g/mol. The second kappa shape index (κ2) is 6.90. The molecule has 1 aliphatic heterocycles. The summed E-state index contributed by atoms with van der Waals surface area (Å²) in [4.78, 5) is 10.6. The highest BCUT2D eigenvalue weighted by molar-refractivity contribution is 5.73. The molecule has 0 saturated carbocycles. The van der Waals surface area contributed by atoms with Crippen LogP contribution < -0.4 is 10.1 Å². The lowest BCUT2D eigenvalue weighted by Gasteiger charge is -2.27. The Morgan fingerprint density at radius 2 is 2.43 bits per heavy atom. The quantitative estimate of drug-likeness (QED) is 0.491. The summed E-state index contributed by atoms with van der Waals surface area (Å²) in [6.45, 7) is 3.52. The molecule has 0 spiro atoms. The van der Waals surface area contributed by atoms with E-state index in [1.807, 2.05) is 6.07 Å². The number of nitrogens with one attached hydrogen (secondary N) is 1. The van der Waals surface area contributed by atoms with Crippen LogP contribution in [0.4, 0.5) is 11.4 Å². The number of hydrogen-bond acceptors (Lipinski definition) is 6. The Balaban J connectivity index is 2.12. The highest BCUT2D eigenvalue weighted by atomic mass is 16.6. The van der Waals surface area contributed by atoms with Gasteiger partial charge in [-0.15, -0.1) is 0 Å². The van der Waals surface area contributed by atoms with Crippen LogP contribution in [-0.4, -0.2) is 30.8 Å².